The zero-order valence-corrected chi connectivity index (χ0v) is 9.25. The SMILES string of the molecule is CN(c1cc(C#N)ccc1N)S(C)(=O)=O. The number of anilines is 2. The third kappa shape index (κ3) is 2.39. The topological polar surface area (TPSA) is 87.2 Å². The fourth-order valence-electron chi connectivity index (χ4n) is 1.06. The molecule has 0 saturated heterocycles. The predicted molar refractivity (Wildman–Crippen MR) is 58.8 cm³/mol. The Morgan fingerprint density at radius 2 is 2.07 bits per heavy atom. The van der Waals surface area contributed by atoms with Crippen LogP contribution in [0.1, 0.15) is 5.56 Å². The van der Waals surface area contributed by atoms with Gasteiger partial charge in [-0.25, -0.2) is 8.42 Å². The van der Waals surface area contributed by atoms with Crippen LogP contribution in [0.4, 0.5) is 11.4 Å². The van der Waals surface area contributed by atoms with E-state index in [1.807, 2.05) is 6.07 Å². The van der Waals surface area contributed by atoms with Crippen LogP contribution in [-0.2, 0) is 10.0 Å². The van der Waals surface area contributed by atoms with Gasteiger partial charge in [-0.1, -0.05) is 0 Å². The molecule has 0 aromatic heterocycles. The molecular weight excluding hydrogens is 214 g/mol. The number of hydrogen-bond donors (Lipinski definition) is 1. The van der Waals surface area contributed by atoms with Gasteiger partial charge in [0.2, 0.25) is 10.0 Å². The van der Waals surface area contributed by atoms with E-state index in [-0.39, 0.29) is 0 Å². The average Bonchev–Trinajstić information content (AvgIpc) is 2.16. The molecular formula is C9H11N3O2S. The molecule has 5 nitrogen and oxygen atoms in total. The minimum atomic E-state index is -3.36. The van der Waals surface area contributed by atoms with E-state index < -0.39 is 10.0 Å². The standard InChI is InChI=1S/C9H11N3O2S/c1-12(15(2,13)14)9-5-7(6-10)3-4-8(9)11/h3-5H,11H2,1-2H3. The Bertz CT molecular complexity index is 517. The van der Waals surface area contributed by atoms with Gasteiger partial charge in [-0.3, -0.25) is 4.31 Å². The molecule has 1 rings (SSSR count). The second-order valence-electron chi connectivity index (χ2n) is 3.12. The van der Waals surface area contributed by atoms with Crippen LogP contribution < -0.4 is 10.0 Å². The molecule has 0 bridgehead atoms. The molecule has 0 aliphatic carbocycles. The van der Waals surface area contributed by atoms with Crippen LogP contribution in [0.2, 0.25) is 0 Å². The number of nitriles is 1. The van der Waals surface area contributed by atoms with Gasteiger partial charge in [0.25, 0.3) is 0 Å². The summed E-state index contributed by atoms with van der Waals surface area (Å²) in [5, 5.41) is 8.68. The van der Waals surface area contributed by atoms with Crippen LogP contribution >= 0.6 is 0 Å². The molecule has 0 atom stereocenters. The molecule has 2 N–H and O–H groups in total. The Hall–Kier alpha value is -1.74. The van der Waals surface area contributed by atoms with Crippen LogP contribution in [-0.4, -0.2) is 21.7 Å². The molecule has 0 saturated carbocycles. The van der Waals surface area contributed by atoms with Crippen LogP contribution in [0.3, 0.4) is 0 Å². The van der Waals surface area contributed by atoms with Crippen molar-refractivity contribution < 1.29 is 8.42 Å². The van der Waals surface area contributed by atoms with Crippen molar-refractivity contribution in [2.75, 3.05) is 23.3 Å². The largest absolute Gasteiger partial charge is 0.397 e. The first-order chi connectivity index (χ1) is 6.86. The van der Waals surface area contributed by atoms with Gasteiger partial charge < -0.3 is 5.73 Å². The van der Waals surface area contributed by atoms with Crippen molar-refractivity contribution in [3.63, 3.8) is 0 Å². The van der Waals surface area contributed by atoms with Crippen LogP contribution in [0.25, 0.3) is 0 Å². The maximum absolute atomic E-state index is 11.3. The zero-order valence-electron chi connectivity index (χ0n) is 8.43. The first kappa shape index (κ1) is 11.3. The van der Waals surface area contributed by atoms with E-state index in [1.165, 1.54) is 25.2 Å². The van der Waals surface area contributed by atoms with Gasteiger partial charge >= 0.3 is 0 Å². The van der Waals surface area contributed by atoms with Crippen molar-refractivity contribution in [3.8, 4) is 6.07 Å². The molecule has 0 aliphatic rings. The first-order valence-electron chi connectivity index (χ1n) is 4.10. The Labute approximate surface area is 88.8 Å². The van der Waals surface area contributed by atoms with Crippen LogP contribution in [0.5, 0.6) is 0 Å². The van der Waals surface area contributed by atoms with Crippen molar-refractivity contribution in [2.24, 2.45) is 0 Å². The monoisotopic (exact) mass is 225 g/mol. The number of nitrogen functional groups attached to an aromatic ring is 1. The van der Waals surface area contributed by atoms with Crippen molar-refractivity contribution >= 4 is 21.4 Å². The molecule has 0 heterocycles. The maximum Gasteiger partial charge on any atom is 0.232 e. The van der Waals surface area contributed by atoms with Gasteiger partial charge in [-0.05, 0) is 18.2 Å². The lowest BCUT2D eigenvalue weighted by molar-refractivity contribution is 0.600. The van der Waals surface area contributed by atoms with Gasteiger partial charge in [0.15, 0.2) is 0 Å². The molecule has 0 fully saturated rings. The highest BCUT2D eigenvalue weighted by molar-refractivity contribution is 7.92. The number of nitrogens with zero attached hydrogens (tertiary/aromatic N) is 2. The second kappa shape index (κ2) is 3.79. The molecule has 1 aromatic carbocycles. The normalized spacial score (nSPS) is 10.7. The van der Waals surface area contributed by atoms with Gasteiger partial charge in [0.1, 0.15) is 0 Å². The Kier molecular flexibility index (Phi) is 2.86. The first-order valence-corrected chi connectivity index (χ1v) is 5.94. The van der Waals surface area contributed by atoms with E-state index >= 15 is 0 Å². The highest BCUT2D eigenvalue weighted by Gasteiger charge is 2.14. The van der Waals surface area contributed by atoms with Crippen molar-refractivity contribution in [1.29, 1.82) is 5.26 Å². The third-order valence-corrected chi connectivity index (χ3v) is 3.19. The Morgan fingerprint density at radius 1 is 1.47 bits per heavy atom. The van der Waals surface area contributed by atoms with Crippen molar-refractivity contribution in [1.82, 2.24) is 0 Å². The van der Waals surface area contributed by atoms with Crippen LogP contribution in [0, 0.1) is 11.3 Å². The Balaban J connectivity index is 3.32. The number of benzene rings is 1. The maximum atomic E-state index is 11.3. The van der Waals surface area contributed by atoms with Gasteiger partial charge in [0.05, 0.1) is 29.3 Å². The van der Waals surface area contributed by atoms with E-state index in [1.54, 1.807) is 0 Å². The van der Waals surface area contributed by atoms with Crippen LogP contribution in [0.15, 0.2) is 18.2 Å². The highest BCUT2D eigenvalue weighted by atomic mass is 32.2. The quantitative estimate of drug-likeness (QED) is 0.744. The summed E-state index contributed by atoms with van der Waals surface area (Å²) < 4.78 is 23.6. The third-order valence-electron chi connectivity index (χ3n) is 2.00. The number of sulfonamides is 1. The van der Waals surface area contributed by atoms with E-state index in [0.717, 1.165) is 10.6 Å². The predicted octanol–water partition coefficient (Wildman–Crippen LogP) is 0.536. The molecule has 0 spiro atoms. The summed E-state index contributed by atoms with van der Waals surface area (Å²) in [6, 6.07) is 6.41. The summed E-state index contributed by atoms with van der Waals surface area (Å²) in [5.74, 6) is 0. The van der Waals surface area contributed by atoms with E-state index in [9.17, 15) is 8.42 Å². The lowest BCUT2D eigenvalue weighted by Gasteiger charge is -2.18. The summed E-state index contributed by atoms with van der Waals surface area (Å²) in [7, 11) is -1.97. The summed E-state index contributed by atoms with van der Waals surface area (Å²) >= 11 is 0. The lowest BCUT2D eigenvalue weighted by Crippen LogP contribution is -2.25. The minimum absolute atomic E-state index is 0.316. The fraction of sp³-hybridized carbons (Fsp3) is 0.222. The molecule has 0 radical (unpaired) electrons. The molecule has 0 unspecified atom stereocenters. The Morgan fingerprint density at radius 3 is 2.53 bits per heavy atom. The molecule has 1 aromatic rings. The molecule has 80 valence electrons. The van der Waals surface area contributed by atoms with Gasteiger partial charge in [-0.2, -0.15) is 5.26 Å². The van der Waals surface area contributed by atoms with Gasteiger partial charge in [0, 0.05) is 7.05 Å². The molecule has 0 amide bonds. The fourth-order valence-corrected chi connectivity index (χ4v) is 1.58. The van der Waals surface area contributed by atoms with Crippen molar-refractivity contribution in [3.05, 3.63) is 23.8 Å². The van der Waals surface area contributed by atoms with E-state index in [4.69, 9.17) is 11.0 Å². The van der Waals surface area contributed by atoms with Gasteiger partial charge in [-0.15, -0.1) is 0 Å². The number of nitrogens with two attached hydrogens (primary N) is 1. The lowest BCUT2D eigenvalue weighted by atomic mass is 10.2. The minimum Gasteiger partial charge on any atom is -0.397 e. The number of hydrogen-bond acceptors (Lipinski definition) is 4. The highest BCUT2D eigenvalue weighted by Crippen LogP contribution is 2.24. The van der Waals surface area contributed by atoms with Crippen molar-refractivity contribution in [2.45, 2.75) is 0 Å². The summed E-state index contributed by atoms with van der Waals surface area (Å²) in [4.78, 5) is 0. The molecule has 6 heteroatoms. The number of rotatable bonds is 2. The van der Waals surface area contributed by atoms with E-state index in [0.29, 0.717) is 16.9 Å². The molecule has 0 aliphatic heterocycles. The van der Waals surface area contributed by atoms with E-state index in [2.05, 4.69) is 0 Å². The summed E-state index contributed by atoms with van der Waals surface area (Å²) in [6.45, 7) is 0. The second-order valence-corrected chi connectivity index (χ2v) is 5.13. The summed E-state index contributed by atoms with van der Waals surface area (Å²) in [5.41, 5.74) is 6.63. The summed E-state index contributed by atoms with van der Waals surface area (Å²) in [6.07, 6.45) is 1.07. The zero-order chi connectivity index (χ0) is 11.6. The average molecular weight is 225 g/mol. The smallest absolute Gasteiger partial charge is 0.232 e. The molecule has 15 heavy (non-hydrogen) atoms.